The molecule has 0 bridgehead atoms. The topological polar surface area (TPSA) is 131 Å². The maximum atomic E-state index is 11.5. The van der Waals surface area contributed by atoms with Crippen molar-refractivity contribution >= 4 is 27.3 Å². The van der Waals surface area contributed by atoms with Gasteiger partial charge in [0.05, 0.1) is 22.0 Å². The number of sulfone groups is 1. The number of carboxylic acids is 1. The van der Waals surface area contributed by atoms with Crippen LogP contribution in [0.5, 0.6) is 0 Å². The normalized spacial score (nSPS) is 20.1. The van der Waals surface area contributed by atoms with E-state index >= 15 is 0 Å². The van der Waals surface area contributed by atoms with Gasteiger partial charge in [-0.2, -0.15) is 0 Å². The fourth-order valence-electron chi connectivity index (χ4n) is 2.22. The molecular weight excluding hydrogens is 302 g/mol. The van der Waals surface area contributed by atoms with E-state index in [1.807, 2.05) is 0 Å². The van der Waals surface area contributed by atoms with Gasteiger partial charge in [0.2, 0.25) is 5.82 Å². The van der Waals surface area contributed by atoms with Crippen LogP contribution in [0.4, 0.5) is 11.5 Å². The molecule has 2 rings (SSSR count). The Kier molecular flexibility index (Phi) is 3.81. The predicted octanol–water partition coefficient (Wildman–Crippen LogP) is 0.311. The van der Waals surface area contributed by atoms with Gasteiger partial charge < -0.3 is 10.0 Å². The molecule has 1 aliphatic heterocycles. The van der Waals surface area contributed by atoms with Crippen molar-refractivity contribution in [2.75, 3.05) is 23.5 Å². The average Bonchev–Trinajstić information content (AvgIpc) is 2.77. The summed E-state index contributed by atoms with van der Waals surface area (Å²) in [6, 6.07) is 0.516. The van der Waals surface area contributed by atoms with Crippen LogP contribution < -0.4 is 4.90 Å². The Labute approximate surface area is 120 Å². The van der Waals surface area contributed by atoms with Gasteiger partial charge in [-0.25, -0.2) is 18.2 Å². The van der Waals surface area contributed by atoms with Crippen LogP contribution in [0, 0.1) is 10.1 Å². The van der Waals surface area contributed by atoms with Gasteiger partial charge in [0.1, 0.15) is 0 Å². The maximum absolute atomic E-state index is 11.5. The van der Waals surface area contributed by atoms with Crippen LogP contribution in [0.1, 0.15) is 16.8 Å². The maximum Gasteiger partial charge on any atom is 0.337 e. The Bertz CT molecular complexity index is 702. The zero-order valence-electron chi connectivity index (χ0n) is 11.1. The number of carbonyl (C=O) groups is 1. The van der Waals surface area contributed by atoms with Crippen molar-refractivity contribution in [1.82, 2.24) is 4.98 Å². The van der Waals surface area contributed by atoms with E-state index in [2.05, 4.69) is 4.98 Å². The summed E-state index contributed by atoms with van der Waals surface area (Å²) in [5.41, 5.74) is -0.750. The number of anilines is 1. The second-order valence-corrected chi connectivity index (χ2v) is 7.03. The zero-order chi connectivity index (χ0) is 15.8. The van der Waals surface area contributed by atoms with Crippen LogP contribution in [0.3, 0.4) is 0 Å². The van der Waals surface area contributed by atoms with Gasteiger partial charge in [0.15, 0.2) is 9.84 Å². The molecule has 1 N–H and O–H groups in total. The highest BCUT2D eigenvalue weighted by Gasteiger charge is 2.34. The number of hydrogen-bond acceptors (Lipinski definition) is 7. The number of rotatable bonds is 4. The fraction of sp³-hybridized carbons (Fsp3) is 0.455. The third-order valence-electron chi connectivity index (χ3n) is 3.38. The van der Waals surface area contributed by atoms with Gasteiger partial charge in [-0.3, -0.25) is 10.1 Å². The van der Waals surface area contributed by atoms with Crippen molar-refractivity contribution in [2.45, 2.75) is 12.5 Å². The lowest BCUT2D eigenvalue weighted by molar-refractivity contribution is -0.384. The molecule has 1 atom stereocenters. The molecule has 10 heteroatoms. The zero-order valence-corrected chi connectivity index (χ0v) is 11.9. The first-order valence-corrected chi connectivity index (χ1v) is 7.84. The third-order valence-corrected chi connectivity index (χ3v) is 5.13. The van der Waals surface area contributed by atoms with Crippen LogP contribution in [0.25, 0.3) is 0 Å². The number of pyridine rings is 1. The van der Waals surface area contributed by atoms with E-state index in [0.29, 0.717) is 6.42 Å². The molecule has 1 aromatic rings. The monoisotopic (exact) mass is 315 g/mol. The summed E-state index contributed by atoms with van der Waals surface area (Å²) < 4.78 is 23.0. The molecule has 0 spiro atoms. The van der Waals surface area contributed by atoms with Crippen molar-refractivity contribution in [3.63, 3.8) is 0 Å². The van der Waals surface area contributed by atoms with E-state index in [1.165, 1.54) is 11.9 Å². The smallest absolute Gasteiger partial charge is 0.337 e. The molecule has 0 aliphatic carbocycles. The standard InChI is InChI=1S/C11H13N3O6S/c1-13(8-2-3-21(19,20)6-8)10-9(14(17)18)4-7(5-12-10)11(15)16/h4-5,8H,2-3,6H2,1H3,(H,15,16). The van der Waals surface area contributed by atoms with Gasteiger partial charge in [-0.15, -0.1) is 0 Å². The van der Waals surface area contributed by atoms with Crippen molar-refractivity contribution in [2.24, 2.45) is 0 Å². The van der Waals surface area contributed by atoms with Gasteiger partial charge in [-0.1, -0.05) is 0 Å². The molecule has 1 unspecified atom stereocenters. The highest BCUT2D eigenvalue weighted by atomic mass is 32.2. The van der Waals surface area contributed by atoms with Gasteiger partial charge in [-0.05, 0) is 6.42 Å². The molecule has 1 saturated heterocycles. The minimum Gasteiger partial charge on any atom is -0.478 e. The first kappa shape index (κ1) is 15.2. The minimum absolute atomic E-state index is 0.0308. The molecule has 0 saturated carbocycles. The van der Waals surface area contributed by atoms with Crippen molar-refractivity contribution in [3.8, 4) is 0 Å². The third kappa shape index (κ3) is 3.10. The Hall–Kier alpha value is -2.23. The number of aromatic carboxylic acids is 1. The molecule has 0 radical (unpaired) electrons. The summed E-state index contributed by atoms with van der Waals surface area (Å²) in [5, 5.41) is 19.9. The molecule has 1 aliphatic rings. The summed E-state index contributed by atoms with van der Waals surface area (Å²) in [6.07, 6.45) is 1.38. The molecule has 21 heavy (non-hydrogen) atoms. The average molecular weight is 315 g/mol. The van der Waals surface area contributed by atoms with Gasteiger partial charge >= 0.3 is 11.7 Å². The lowest BCUT2D eigenvalue weighted by atomic mass is 10.2. The molecule has 2 heterocycles. The summed E-state index contributed by atoms with van der Waals surface area (Å²) in [4.78, 5) is 26.4. The van der Waals surface area contributed by atoms with Crippen LogP contribution in [0.2, 0.25) is 0 Å². The number of nitro groups is 1. The quantitative estimate of drug-likeness (QED) is 0.620. The molecular formula is C11H13N3O6S. The summed E-state index contributed by atoms with van der Waals surface area (Å²) in [7, 11) is -1.62. The molecule has 0 aromatic carbocycles. The van der Waals surface area contributed by atoms with Gasteiger partial charge in [0, 0.05) is 25.4 Å². The van der Waals surface area contributed by atoms with E-state index in [9.17, 15) is 23.3 Å². The van der Waals surface area contributed by atoms with E-state index in [-0.39, 0.29) is 22.9 Å². The van der Waals surface area contributed by atoms with E-state index in [1.54, 1.807) is 0 Å². The van der Waals surface area contributed by atoms with E-state index in [0.717, 1.165) is 12.3 Å². The largest absolute Gasteiger partial charge is 0.478 e. The van der Waals surface area contributed by atoms with Crippen molar-refractivity contribution in [1.29, 1.82) is 0 Å². The molecule has 9 nitrogen and oxygen atoms in total. The number of aromatic nitrogens is 1. The molecule has 1 aromatic heterocycles. The molecule has 1 fully saturated rings. The fourth-order valence-corrected chi connectivity index (χ4v) is 4.00. The van der Waals surface area contributed by atoms with E-state index in [4.69, 9.17) is 5.11 Å². The highest BCUT2D eigenvalue weighted by molar-refractivity contribution is 7.91. The Balaban J connectivity index is 2.39. The highest BCUT2D eigenvalue weighted by Crippen LogP contribution is 2.29. The van der Waals surface area contributed by atoms with Crippen LogP contribution in [-0.2, 0) is 9.84 Å². The lowest BCUT2D eigenvalue weighted by Gasteiger charge is -2.24. The SMILES string of the molecule is CN(c1ncc(C(=O)O)cc1[N+](=O)[O-])C1CCS(=O)(=O)C1. The molecule has 114 valence electrons. The molecule has 0 amide bonds. The van der Waals surface area contributed by atoms with Crippen LogP contribution >= 0.6 is 0 Å². The summed E-state index contributed by atoms with van der Waals surface area (Å²) >= 11 is 0. The number of carboxylic acid groups (broad SMARTS) is 1. The van der Waals surface area contributed by atoms with Gasteiger partial charge in [0.25, 0.3) is 0 Å². The number of hydrogen-bond donors (Lipinski definition) is 1. The first-order chi connectivity index (χ1) is 9.71. The van der Waals surface area contributed by atoms with Crippen LogP contribution in [0.15, 0.2) is 12.3 Å². The number of nitrogens with zero attached hydrogens (tertiary/aromatic N) is 3. The first-order valence-electron chi connectivity index (χ1n) is 6.02. The summed E-state index contributed by atoms with van der Waals surface area (Å²) in [6.45, 7) is 0. The lowest BCUT2D eigenvalue weighted by Crippen LogP contribution is -2.33. The second-order valence-electron chi connectivity index (χ2n) is 4.80. The Morgan fingerprint density at radius 2 is 2.24 bits per heavy atom. The van der Waals surface area contributed by atoms with E-state index < -0.39 is 32.5 Å². The second kappa shape index (κ2) is 5.28. The Morgan fingerprint density at radius 3 is 2.71 bits per heavy atom. The van der Waals surface area contributed by atoms with Crippen LogP contribution in [-0.4, -0.2) is 54.0 Å². The summed E-state index contributed by atoms with van der Waals surface area (Å²) in [5.74, 6) is -1.41. The Morgan fingerprint density at radius 1 is 1.57 bits per heavy atom. The predicted molar refractivity (Wildman–Crippen MR) is 73.3 cm³/mol. The van der Waals surface area contributed by atoms with Crippen molar-refractivity contribution < 1.29 is 23.2 Å². The van der Waals surface area contributed by atoms with Crippen molar-refractivity contribution in [3.05, 3.63) is 27.9 Å². The minimum atomic E-state index is -3.14.